The second-order valence-electron chi connectivity index (χ2n) is 5.82. The summed E-state index contributed by atoms with van der Waals surface area (Å²) in [6.45, 7) is 2.20. The number of benzene rings is 1. The third-order valence-corrected chi connectivity index (χ3v) is 4.47. The number of nitriles is 1. The Morgan fingerprint density at radius 1 is 1.25 bits per heavy atom. The van der Waals surface area contributed by atoms with Crippen LogP contribution >= 0.6 is 0 Å². The van der Waals surface area contributed by atoms with Crippen LogP contribution in [-0.4, -0.2) is 33.6 Å². The topological polar surface area (TPSA) is 70.9 Å². The summed E-state index contributed by atoms with van der Waals surface area (Å²) < 4.78 is 2.12. The van der Waals surface area contributed by atoms with Gasteiger partial charge in [0.15, 0.2) is 0 Å². The van der Waals surface area contributed by atoms with Gasteiger partial charge in [-0.3, -0.25) is 4.90 Å². The van der Waals surface area contributed by atoms with E-state index in [0.717, 1.165) is 36.6 Å². The molecule has 0 bridgehead atoms. The maximum Gasteiger partial charge on any atom is 0.201 e. The van der Waals surface area contributed by atoms with Crippen LogP contribution in [0.25, 0.3) is 11.0 Å². The van der Waals surface area contributed by atoms with E-state index in [9.17, 15) is 0 Å². The van der Waals surface area contributed by atoms with Gasteiger partial charge in [-0.2, -0.15) is 5.26 Å². The van der Waals surface area contributed by atoms with Crippen LogP contribution in [0.15, 0.2) is 18.2 Å². The molecule has 102 valence electrons. The van der Waals surface area contributed by atoms with Gasteiger partial charge < -0.3 is 10.3 Å². The predicted molar refractivity (Wildman–Crippen MR) is 77.1 cm³/mol. The molecule has 2 N–H and O–H groups in total. The highest BCUT2D eigenvalue weighted by atomic mass is 15.3. The molecular formula is C15H17N5. The lowest BCUT2D eigenvalue weighted by atomic mass is 10.2. The molecule has 1 aliphatic carbocycles. The fourth-order valence-electron chi connectivity index (χ4n) is 3.32. The monoisotopic (exact) mass is 267 g/mol. The van der Waals surface area contributed by atoms with Gasteiger partial charge in [-0.1, -0.05) is 0 Å². The van der Waals surface area contributed by atoms with Crippen LogP contribution in [-0.2, 0) is 0 Å². The van der Waals surface area contributed by atoms with Crippen LogP contribution < -0.4 is 5.73 Å². The minimum Gasteiger partial charge on any atom is -0.369 e. The van der Waals surface area contributed by atoms with Gasteiger partial charge in [-0.15, -0.1) is 0 Å². The third-order valence-electron chi connectivity index (χ3n) is 4.47. The summed E-state index contributed by atoms with van der Waals surface area (Å²) in [5, 5.41) is 9.06. The fraction of sp³-hybridized carbons (Fsp3) is 0.467. The number of nitrogen functional groups attached to an aromatic ring is 1. The highest BCUT2D eigenvalue weighted by molar-refractivity contribution is 5.80. The maximum absolute atomic E-state index is 9.06. The van der Waals surface area contributed by atoms with Crippen LogP contribution in [0.4, 0.5) is 5.95 Å². The number of nitrogens with two attached hydrogens (primary N) is 1. The molecule has 2 aromatic rings. The number of anilines is 1. The van der Waals surface area contributed by atoms with Crippen LogP contribution in [0.3, 0.4) is 0 Å². The smallest absolute Gasteiger partial charge is 0.201 e. The number of nitrogens with zero attached hydrogens (tertiary/aromatic N) is 4. The summed E-state index contributed by atoms with van der Waals surface area (Å²) in [6, 6.07) is 8.95. The second kappa shape index (κ2) is 4.22. The van der Waals surface area contributed by atoms with Gasteiger partial charge in [0.05, 0.1) is 28.7 Å². The first-order valence-corrected chi connectivity index (χ1v) is 7.18. The number of rotatable bonds is 2. The van der Waals surface area contributed by atoms with Gasteiger partial charge >= 0.3 is 0 Å². The molecule has 1 aromatic carbocycles. The highest BCUT2D eigenvalue weighted by Crippen LogP contribution is 2.35. The van der Waals surface area contributed by atoms with Crippen molar-refractivity contribution in [3.63, 3.8) is 0 Å². The fourth-order valence-corrected chi connectivity index (χ4v) is 3.32. The summed E-state index contributed by atoms with van der Waals surface area (Å²) >= 11 is 0. The van der Waals surface area contributed by atoms with Crippen molar-refractivity contribution in [1.82, 2.24) is 14.5 Å². The molecule has 2 aliphatic rings. The summed E-state index contributed by atoms with van der Waals surface area (Å²) in [5.41, 5.74) is 8.65. The van der Waals surface area contributed by atoms with Gasteiger partial charge in [0.1, 0.15) is 0 Å². The summed E-state index contributed by atoms with van der Waals surface area (Å²) in [5.74, 6) is 0.567. The Morgan fingerprint density at radius 2 is 2.10 bits per heavy atom. The summed E-state index contributed by atoms with van der Waals surface area (Å²) in [7, 11) is 0. The molecule has 2 fully saturated rings. The molecule has 0 amide bonds. The Hall–Kier alpha value is -2.06. The molecule has 0 radical (unpaired) electrons. The van der Waals surface area contributed by atoms with Crippen molar-refractivity contribution in [1.29, 1.82) is 5.26 Å². The molecule has 0 spiro atoms. The maximum atomic E-state index is 9.06. The van der Waals surface area contributed by atoms with Crippen LogP contribution in [0.2, 0.25) is 0 Å². The average Bonchev–Trinajstić information content (AvgIpc) is 3.10. The molecule has 1 aromatic heterocycles. The standard InChI is InChI=1S/C15H17N5/c16-8-10-1-4-13-14(7-10)20(15(17)18-13)12-5-6-19(9-12)11-2-3-11/h1,4,7,11-12H,2-3,5-6,9H2,(H2,17,18). The molecule has 1 saturated heterocycles. The van der Waals surface area contributed by atoms with E-state index in [1.165, 1.54) is 12.8 Å². The van der Waals surface area contributed by atoms with Gasteiger partial charge in [0, 0.05) is 19.1 Å². The van der Waals surface area contributed by atoms with Gasteiger partial charge in [0.2, 0.25) is 5.95 Å². The van der Waals surface area contributed by atoms with Gasteiger partial charge in [-0.25, -0.2) is 4.98 Å². The van der Waals surface area contributed by atoms with E-state index in [2.05, 4.69) is 20.5 Å². The molecule has 20 heavy (non-hydrogen) atoms. The predicted octanol–water partition coefficient (Wildman–Crippen LogP) is 1.90. The minimum atomic E-state index is 0.384. The van der Waals surface area contributed by atoms with Crippen LogP contribution in [0.1, 0.15) is 30.9 Å². The Kier molecular flexibility index (Phi) is 2.48. The number of fused-ring (bicyclic) bond motifs is 1. The van der Waals surface area contributed by atoms with E-state index < -0.39 is 0 Å². The molecule has 1 aliphatic heterocycles. The van der Waals surface area contributed by atoms with Crippen molar-refractivity contribution in [3.05, 3.63) is 23.8 Å². The third kappa shape index (κ3) is 1.76. The van der Waals surface area contributed by atoms with Gasteiger partial charge in [0.25, 0.3) is 0 Å². The number of hydrogen-bond acceptors (Lipinski definition) is 4. The normalized spacial score (nSPS) is 23.2. The number of likely N-dealkylation sites (tertiary alicyclic amines) is 1. The first-order chi connectivity index (χ1) is 9.76. The van der Waals surface area contributed by atoms with Crippen LogP contribution in [0.5, 0.6) is 0 Å². The lowest BCUT2D eigenvalue weighted by Gasteiger charge is -2.17. The Bertz CT molecular complexity index is 707. The molecule has 1 unspecified atom stereocenters. The highest BCUT2D eigenvalue weighted by Gasteiger charge is 2.35. The zero-order valence-electron chi connectivity index (χ0n) is 11.3. The van der Waals surface area contributed by atoms with Crippen molar-refractivity contribution < 1.29 is 0 Å². The molecule has 4 rings (SSSR count). The molecule has 2 heterocycles. The Morgan fingerprint density at radius 3 is 2.85 bits per heavy atom. The number of aromatic nitrogens is 2. The van der Waals surface area contributed by atoms with E-state index in [1.807, 2.05) is 12.1 Å². The lowest BCUT2D eigenvalue weighted by molar-refractivity contribution is 0.315. The minimum absolute atomic E-state index is 0.384. The molecule has 5 nitrogen and oxygen atoms in total. The zero-order valence-corrected chi connectivity index (χ0v) is 11.3. The van der Waals surface area contributed by atoms with E-state index in [1.54, 1.807) is 6.07 Å². The van der Waals surface area contributed by atoms with Crippen molar-refractivity contribution >= 4 is 17.0 Å². The van der Waals surface area contributed by atoms with E-state index in [0.29, 0.717) is 17.6 Å². The summed E-state index contributed by atoms with van der Waals surface area (Å²) in [4.78, 5) is 6.99. The van der Waals surface area contributed by atoms with Crippen molar-refractivity contribution in [2.45, 2.75) is 31.3 Å². The number of imidazole rings is 1. The second-order valence-corrected chi connectivity index (χ2v) is 5.82. The summed E-state index contributed by atoms with van der Waals surface area (Å²) in [6.07, 6.45) is 3.79. The van der Waals surface area contributed by atoms with Crippen molar-refractivity contribution in [2.75, 3.05) is 18.8 Å². The zero-order chi connectivity index (χ0) is 13.7. The Labute approximate surface area is 117 Å². The van der Waals surface area contributed by atoms with Crippen molar-refractivity contribution in [3.8, 4) is 6.07 Å². The van der Waals surface area contributed by atoms with Gasteiger partial charge in [-0.05, 0) is 37.5 Å². The van der Waals surface area contributed by atoms with E-state index in [-0.39, 0.29) is 0 Å². The van der Waals surface area contributed by atoms with Crippen molar-refractivity contribution in [2.24, 2.45) is 0 Å². The quantitative estimate of drug-likeness (QED) is 0.902. The first kappa shape index (κ1) is 11.7. The van der Waals surface area contributed by atoms with E-state index in [4.69, 9.17) is 11.0 Å². The molecule has 1 saturated carbocycles. The van der Waals surface area contributed by atoms with Crippen LogP contribution in [0, 0.1) is 11.3 Å². The molecule has 1 atom stereocenters. The average molecular weight is 267 g/mol. The largest absolute Gasteiger partial charge is 0.369 e. The Balaban J connectivity index is 1.75. The van der Waals surface area contributed by atoms with E-state index >= 15 is 0 Å². The number of hydrogen-bond donors (Lipinski definition) is 1. The lowest BCUT2D eigenvalue weighted by Crippen LogP contribution is -2.24. The first-order valence-electron chi connectivity index (χ1n) is 7.18. The SMILES string of the molecule is N#Cc1ccc2nc(N)n(C3CCN(C4CC4)C3)c2c1. The molecule has 5 heteroatoms. The molecular weight excluding hydrogens is 250 g/mol.